The van der Waals surface area contributed by atoms with E-state index < -0.39 is 16.1 Å². The highest BCUT2D eigenvalue weighted by molar-refractivity contribution is 7.89. The van der Waals surface area contributed by atoms with E-state index in [0.717, 1.165) is 0 Å². The Hall–Kier alpha value is -1.60. The van der Waals surface area contributed by atoms with Gasteiger partial charge in [-0.05, 0) is 44.0 Å². The van der Waals surface area contributed by atoms with Crippen LogP contribution in [0.5, 0.6) is 5.75 Å². The van der Waals surface area contributed by atoms with Crippen molar-refractivity contribution >= 4 is 15.9 Å². The lowest BCUT2D eigenvalue weighted by molar-refractivity contribution is -0.122. The molecule has 124 valence electrons. The molecule has 0 aliphatic rings. The second-order valence-corrected chi connectivity index (χ2v) is 7.10. The molecular weight excluding hydrogens is 304 g/mol. The molecular formula is C15H24N2O4S. The highest BCUT2D eigenvalue weighted by atomic mass is 32.2. The van der Waals surface area contributed by atoms with Gasteiger partial charge in [-0.1, -0.05) is 13.8 Å². The van der Waals surface area contributed by atoms with Crippen molar-refractivity contribution in [3.63, 3.8) is 0 Å². The minimum Gasteiger partial charge on any atom is -0.494 e. The fourth-order valence-electron chi connectivity index (χ4n) is 1.69. The number of hydrogen-bond acceptors (Lipinski definition) is 4. The predicted octanol–water partition coefficient (Wildman–Crippen LogP) is 1.52. The van der Waals surface area contributed by atoms with Crippen molar-refractivity contribution in [2.45, 2.75) is 38.6 Å². The zero-order chi connectivity index (χ0) is 16.8. The quantitative estimate of drug-likeness (QED) is 0.758. The molecule has 1 aromatic rings. The van der Waals surface area contributed by atoms with Gasteiger partial charge in [-0.3, -0.25) is 4.79 Å². The van der Waals surface area contributed by atoms with Crippen molar-refractivity contribution in [1.82, 2.24) is 10.0 Å². The van der Waals surface area contributed by atoms with E-state index in [-0.39, 0.29) is 10.8 Å². The first-order valence-electron chi connectivity index (χ1n) is 7.29. The van der Waals surface area contributed by atoms with Gasteiger partial charge in [-0.15, -0.1) is 0 Å². The van der Waals surface area contributed by atoms with Crippen LogP contribution in [0.25, 0.3) is 0 Å². The van der Waals surface area contributed by atoms with Crippen molar-refractivity contribution in [2.75, 3.05) is 13.2 Å². The Morgan fingerprint density at radius 3 is 2.27 bits per heavy atom. The minimum atomic E-state index is -3.74. The Labute approximate surface area is 132 Å². The molecule has 1 atom stereocenters. The number of hydrogen-bond donors (Lipinski definition) is 2. The van der Waals surface area contributed by atoms with Crippen molar-refractivity contribution < 1.29 is 17.9 Å². The molecule has 0 fully saturated rings. The summed E-state index contributed by atoms with van der Waals surface area (Å²) in [5.74, 6) is 0.561. The van der Waals surface area contributed by atoms with Crippen LogP contribution in [0.1, 0.15) is 27.7 Å². The Balaban J connectivity index is 2.71. The van der Waals surface area contributed by atoms with Crippen LogP contribution in [0.3, 0.4) is 0 Å². The third-order valence-corrected chi connectivity index (χ3v) is 4.41. The molecule has 0 unspecified atom stereocenters. The maximum absolute atomic E-state index is 12.2. The molecule has 1 rings (SSSR count). The van der Waals surface area contributed by atoms with E-state index in [1.165, 1.54) is 19.1 Å². The average Bonchev–Trinajstić information content (AvgIpc) is 2.45. The molecule has 1 amide bonds. The smallest absolute Gasteiger partial charge is 0.241 e. The molecule has 2 N–H and O–H groups in total. The topological polar surface area (TPSA) is 84.5 Å². The summed E-state index contributed by atoms with van der Waals surface area (Å²) in [5.41, 5.74) is 0. The summed E-state index contributed by atoms with van der Waals surface area (Å²) in [4.78, 5) is 11.9. The third kappa shape index (κ3) is 5.65. The molecule has 6 nitrogen and oxygen atoms in total. The fourth-order valence-corrected chi connectivity index (χ4v) is 2.90. The molecule has 0 aromatic heterocycles. The normalized spacial score (nSPS) is 13.0. The predicted molar refractivity (Wildman–Crippen MR) is 85.2 cm³/mol. The largest absolute Gasteiger partial charge is 0.494 e. The third-order valence-electron chi connectivity index (χ3n) is 2.85. The number of benzene rings is 1. The summed E-state index contributed by atoms with van der Waals surface area (Å²) in [7, 11) is -3.74. The second kappa shape index (κ2) is 8.14. The van der Waals surface area contributed by atoms with E-state index in [1.807, 2.05) is 20.8 Å². The monoisotopic (exact) mass is 328 g/mol. The summed E-state index contributed by atoms with van der Waals surface area (Å²) in [6.07, 6.45) is 0. The summed E-state index contributed by atoms with van der Waals surface area (Å²) < 4.78 is 32.1. The van der Waals surface area contributed by atoms with Crippen molar-refractivity contribution in [3.05, 3.63) is 24.3 Å². The van der Waals surface area contributed by atoms with Gasteiger partial charge in [0.2, 0.25) is 15.9 Å². The number of amides is 1. The molecule has 0 spiro atoms. The lowest BCUT2D eigenvalue weighted by Gasteiger charge is -2.15. The molecule has 22 heavy (non-hydrogen) atoms. The molecule has 0 aliphatic heterocycles. The molecule has 0 radical (unpaired) electrons. The van der Waals surface area contributed by atoms with Crippen LogP contribution in [0.4, 0.5) is 0 Å². The first-order chi connectivity index (χ1) is 10.3. The Morgan fingerprint density at radius 2 is 1.77 bits per heavy atom. The van der Waals surface area contributed by atoms with E-state index in [2.05, 4.69) is 10.0 Å². The number of carbonyl (C=O) groups is 1. The summed E-state index contributed by atoms with van der Waals surface area (Å²) in [5, 5.41) is 2.70. The zero-order valence-corrected chi connectivity index (χ0v) is 14.2. The lowest BCUT2D eigenvalue weighted by atomic mass is 10.2. The van der Waals surface area contributed by atoms with Crippen LogP contribution < -0.4 is 14.8 Å². The van der Waals surface area contributed by atoms with E-state index in [9.17, 15) is 13.2 Å². The zero-order valence-electron chi connectivity index (χ0n) is 13.4. The van der Waals surface area contributed by atoms with Crippen LogP contribution in [0, 0.1) is 5.92 Å². The molecule has 7 heteroatoms. The molecule has 0 aliphatic carbocycles. The van der Waals surface area contributed by atoms with E-state index in [0.29, 0.717) is 24.8 Å². The maximum Gasteiger partial charge on any atom is 0.241 e. The Bertz CT molecular complexity index is 582. The summed E-state index contributed by atoms with van der Waals surface area (Å²) >= 11 is 0. The van der Waals surface area contributed by atoms with E-state index >= 15 is 0 Å². The number of ether oxygens (including phenoxy) is 1. The van der Waals surface area contributed by atoms with Gasteiger partial charge < -0.3 is 10.1 Å². The van der Waals surface area contributed by atoms with Gasteiger partial charge in [0.05, 0.1) is 17.5 Å². The van der Waals surface area contributed by atoms with E-state index in [1.54, 1.807) is 12.1 Å². The van der Waals surface area contributed by atoms with Crippen LogP contribution in [-0.4, -0.2) is 33.5 Å². The molecule has 0 heterocycles. The van der Waals surface area contributed by atoms with Crippen LogP contribution >= 0.6 is 0 Å². The van der Waals surface area contributed by atoms with E-state index in [4.69, 9.17) is 4.74 Å². The second-order valence-electron chi connectivity index (χ2n) is 5.39. The molecule has 1 aromatic carbocycles. The van der Waals surface area contributed by atoms with Crippen molar-refractivity contribution in [1.29, 1.82) is 0 Å². The number of carbonyl (C=O) groups excluding carboxylic acids is 1. The van der Waals surface area contributed by atoms with Gasteiger partial charge in [0.25, 0.3) is 0 Å². The standard InChI is InChI=1S/C15H24N2O4S/c1-5-21-13-6-8-14(9-7-13)22(19,20)17-12(4)15(18)16-10-11(2)3/h6-9,11-12,17H,5,10H2,1-4H3,(H,16,18)/t12-/m1/s1. The first-order valence-corrected chi connectivity index (χ1v) is 8.77. The Morgan fingerprint density at radius 1 is 1.18 bits per heavy atom. The van der Waals surface area contributed by atoms with Gasteiger partial charge in [-0.2, -0.15) is 4.72 Å². The molecule has 0 saturated heterocycles. The maximum atomic E-state index is 12.2. The molecule has 0 bridgehead atoms. The van der Waals surface area contributed by atoms with Crippen LogP contribution in [0.15, 0.2) is 29.2 Å². The SMILES string of the molecule is CCOc1ccc(S(=O)(=O)N[C@H](C)C(=O)NCC(C)C)cc1. The van der Waals surface area contributed by atoms with Gasteiger partial charge >= 0.3 is 0 Å². The first kappa shape index (κ1) is 18.4. The summed E-state index contributed by atoms with van der Waals surface area (Å²) in [6.45, 7) is 8.32. The van der Waals surface area contributed by atoms with Gasteiger partial charge in [0, 0.05) is 6.54 Å². The minimum absolute atomic E-state index is 0.0967. The van der Waals surface area contributed by atoms with Crippen molar-refractivity contribution in [2.24, 2.45) is 5.92 Å². The number of sulfonamides is 1. The highest BCUT2D eigenvalue weighted by Crippen LogP contribution is 2.16. The van der Waals surface area contributed by atoms with Gasteiger partial charge in [-0.25, -0.2) is 8.42 Å². The lowest BCUT2D eigenvalue weighted by Crippen LogP contribution is -2.45. The number of rotatable bonds is 8. The number of nitrogens with one attached hydrogen (secondary N) is 2. The van der Waals surface area contributed by atoms with Gasteiger partial charge in [0.15, 0.2) is 0 Å². The van der Waals surface area contributed by atoms with Crippen LogP contribution in [-0.2, 0) is 14.8 Å². The van der Waals surface area contributed by atoms with Crippen LogP contribution in [0.2, 0.25) is 0 Å². The summed E-state index contributed by atoms with van der Waals surface area (Å²) in [6, 6.07) is 5.23. The Kier molecular flexibility index (Phi) is 6.83. The van der Waals surface area contributed by atoms with Gasteiger partial charge in [0.1, 0.15) is 5.75 Å². The molecule has 0 saturated carbocycles. The van der Waals surface area contributed by atoms with Crippen molar-refractivity contribution in [3.8, 4) is 5.75 Å². The fraction of sp³-hybridized carbons (Fsp3) is 0.533. The average molecular weight is 328 g/mol. The highest BCUT2D eigenvalue weighted by Gasteiger charge is 2.21.